The van der Waals surface area contributed by atoms with Crippen LogP contribution in [0.15, 0.2) is 50.5 Å². The minimum absolute atomic E-state index is 0.107. The number of oxazole rings is 1. The molecule has 1 aromatic heterocycles. The number of nitrogens with zero attached hydrogens (tertiary/aromatic N) is 1. The van der Waals surface area contributed by atoms with Crippen molar-refractivity contribution >= 4 is 49.4 Å². The monoisotopic (exact) mass is 387 g/mol. The summed E-state index contributed by atoms with van der Waals surface area (Å²) in [6.07, 6.45) is 0. The van der Waals surface area contributed by atoms with Crippen LogP contribution in [0, 0.1) is 5.82 Å². The molecular weight excluding hydrogens is 381 g/mol. The van der Waals surface area contributed by atoms with Crippen LogP contribution in [0.3, 0.4) is 0 Å². The van der Waals surface area contributed by atoms with E-state index in [2.05, 4.69) is 20.9 Å². The van der Waals surface area contributed by atoms with Gasteiger partial charge in [0.25, 0.3) is 5.22 Å². The van der Waals surface area contributed by atoms with Gasteiger partial charge in [-0.2, -0.15) is 0 Å². The molecular formula is C14H8BrClFNO2S. The van der Waals surface area contributed by atoms with Crippen molar-refractivity contribution in [3.05, 3.63) is 57.3 Å². The third-order valence-electron chi connectivity index (χ3n) is 2.81. The Bertz CT molecular complexity index is 852. The van der Waals surface area contributed by atoms with E-state index in [0.717, 1.165) is 0 Å². The van der Waals surface area contributed by atoms with Crippen molar-refractivity contribution in [3.8, 4) is 0 Å². The van der Waals surface area contributed by atoms with Gasteiger partial charge < -0.3 is 4.42 Å². The van der Waals surface area contributed by atoms with Gasteiger partial charge in [0, 0.05) is 11.1 Å². The second-order valence-corrected chi connectivity index (χ2v) is 6.95. The first-order chi connectivity index (χ1) is 10.0. The standard InChI is InChI=1S/C14H8BrClFNO2S/c15-10-3-1-8(5-11(10)17)7-21(19)14-18-12-4-2-9(16)6-13(12)20-14/h1-6H,7H2. The number of halogens is 3. The van der Waals surface area contributed by atoms with Crippen LogP contribution in [0.2, 0.25) is 5.02 Å². The summed E-state index contributed by atoms with van der Waals surface area (Å²) in [6, 6.07) is 9.61. The summed E-state index contributed by atoms with van der Waals surface area (Å²) < 4.78 is 31.5. The first-order valence-corrected chi connectivity index (χ1v) is 8.40. The lowest BCUT2D eigenvalue weighted by molar-refractivity contribution is 0.477. The van der Waals surface area contributed by atoms with Crippen LogP contribution in [-0.4, -0.2) is 9.19 Å². The smallest absolute Gasteiger partial charge is 0.288 e. The van der Waals surface area contributed by atoms with Gasteiger partial charge in [-0.1, -0.05) is 17.7 Å². The molecule has 0 N–H and O–H groups in total. The molecule has 3 rings (SSSR count). The number of benzene rings is 2. The van der Waals surface area contributed by atoms with Crippen molar-refractivity contribution < 1.29 is 13.0 Å². The summed E-state index contributed by atoms with van der Waals surface area (Å²) in [7, 11) is -1.49. The molecule has 7 heteroatoms. The molecule has 1 heterocycles. The Morgan fingerprint density at radius 1 is 1.29 bits per heavy atom. The van der Waals surface area contributed by atoms with E-state index in [0.29, 0.717) is 26.2 Å². The van der Waals surface area contributed by atoms with Gasteiger partial charge in [0.15, 0.2) is 5.58 Å². The lowest BCUT2D eigenvalue weighted by atomic mass is 10.2. The predicted molar refractivity (Wildman–Crippen MR) is 83.2 cm³/mol. The summed E-state index contributed by atoms with van der Waals surface area (Å²) in [5.74, 6) is -0.265. The van der Waals surface area contributed by atoms with E-state index in [1.165, 1.54) is 6.07 Å². The van der Waals surface area contributed by atoms with Crippen LogP contribution in [0.4, 0.5) is 4.39 Å². The quantitative estimate of drug-likeness (QED) is 0.654. The maximum absolute atomic E-state index is 13.4. The molecule has 108 valence electrons. The fraction of sp³-hybridized carbons (Fsp3) is 0.0714. The van der Waals surface area contributed by atoms with Crippen LogP contribution in [-0.2, 0) is 16.6 Å². The fourth-order valence-corrected chi connectivity index (χ4v) is 3.21. The Labute approximate surface area is 135 Å². The van der Waals surface area contributed by atoms with Gasteiger partial charge in [-0.05, 0) is 45.8 Å². The molecule has 0 aliphatic carbocycles. The molecule has 1 unspecified atom stereocenters. The van der Waals surface area contributed by atoms with Crippen LogP contribution < -0.4 is 0 Å². The lowest BCUT2D eigenvalue weighted by Crippen LogP contribution is -1.97. The van der Waals surface area contributed by atoms with E-state index < -0.39 is 16.6 Å². The molecule has 0 radical (unpaired) electrons. The number of hydrogen-bond acceptors (Lipinski definition) is 3. The molecule has 0 spiro atoms. The Morgan fingerprint density at radius 2 is 2.10 bits per heavy atom. The Morgan fingerprint density at radius 3 is 2.86 bits per heavy atom. The maximum Gasteiger partial charge on any atom is 0.288 e. The third kappa shape index (κ3) is 3.17. The number of fused-ring (bicyclic) bond motifs is 1. The van der Waals surface area contributed by atoms with Crippen molar-refractivity contribution in [1.82, 2.24) is 4.98 Å². The molecule has 21 heavy (non-hydrogen) atoms. The van der Waals surface area contributed by atoms with Gasteiger partial charge in [0.2, 0.25) is 0 Å². The molecule has 1 atom stereocenters. The largest absolute Gasteiger partial charge is 0.430 e. The third-order valence-corrected chi connectivity index (χ3v) is 4.85. The fourth-order valence-electron chi connectivity index (χ4n) is 1.82. The molecule has 3 nitrogen and oxygen atoms in total. The first-order valence-electron chi connectivity index (χ1n) is 5.91. The van der Waals surface area contributed by atoms with E-state index in [9.17, 15) is 8.60 Å². The molecule has 0 saturated carbocycles. The molecule has 0 aliphatic rings. The molecule has 0 fully saturated rings. The summed E-state index contributed by atoms with van der Waals surface area (Å²) >= 11 is 8.94. The SMILES string of the molecule is O=S(Cc1ccc(Br)c(F)c1)c1nc2ccc(Cl)cc2o1. The van der Waals surface area contributed by atoms with Crippen molar-refractivity contribution in [2.24, 2.45) is 0 Å². The molecule has 0 saturated heterocycles. The summed E-state index contributed by atoms with van der Waals surface area (Å²) in [5, 5.41) is 0.626. The van der Waals surface area contributed by atoms with E-state index in [4.69, 9.17) is 16.0 Å². The van der Waals surface area contributed by atoms with Crippen molar-refractivity contribution in [2.45, 2.75) is 11.0 Å². The molecule has 3 aromatic rings. The van der Waals surface area contributed by atoms with E-state index in [-0.39, 0.29) is 11.0 Å². The van der Waals surface area contributed by atoms with Crippen LogP contribution >= 0.6 is 27.5 Å². The van der Waals surface area contributed by atoms with Gasteiger partial charge in [-0.25, -0.2) is 13.6 Å². The summed E-state index contributed by atoms with van der Waals surface area (Å²) in [5.41, 5.74) is 1.67. The zero-order chi connectivity index (χ0) is 15.0. The highest BCUT2D eigenvalue weighted by atomic mass is 79.9. The molecule has 2 aromatic carbocycles. The average molecular weight is 389 g/mol. The van der Waals surface area contributed by atoms with E-state index >= 15 is 0 Å². The highest BCUT2D eigenvalue weighted by molar-refractivity contribution is 9.10. The predicted octanol–water partition coefficient (Wildman–Crippen LogP) is 4.69. The lowest BCUT2D eigenvalue weighted by Gasteiger charge is -2.00. The van der Waals surface area contributed by atoms with E-state index in [1.807, 2.05) is 0 Å². The van der Waals surface area contributed by atoms with Gasteiger partial charge in [0.1, 0.15) is 22.1 Å². The first kappa shape index (κ1) is 14.7. The van der Waals surface area contributed by atoms with Gasteiger partial charge in [0.05, 0.1) is 10.2 Å². The van der Waals surface area contributed by atoms with Crippen molar-refractivity contribution in [3.63, 3.8) is 0 Å². The van der Waals surface area contributed by atoms with E-state index in [1.54, 1.807) is 30.3 Å². The summed E-state index contributed by atoms with van der Waals surface area (Å²) in [6.45, 7) is 0. The molecule has 0 bridgehead atoms. The minimum atomic E-state index is -1.49. The number of aromatic nitrogens is 1. The number of rotatable bonds is 3. The Balaban J connectivity index is 1.87. The van der Waals surface area contributed by atoms with Crippen LogP contribution in [0.1, 0.15) is 5.56 Å². The van der Waals surface area contributed by atoms with Crippen LogP contribution in [0.25, 0.3) is 11.1 Å². The zero-order valence-electron chi connectivity index (χ0n) is 10.5. The maximum atomic E-state index is 13.4. The zero-order valence-corrected chi connectivity index (χ0v) is 13.6. The van der Waals surface area contributed by atoms with Gasteiger partial charge >= 0.3 is 0 Å². The van der Waals surface area contributed by atoms with Gasteiger partial charge in [-0.15, -0.1) is 0 Å². The Kier molecular flexibility index (Phi) is 4.10. The highest BCUT2D eigenvalue weighted by Gasteiger charge is 2.14. The number of hydrogen-bond donors (Lipinski definition) is 0. The second-order valence-electron chi connectivity index (χ2n) is 4.33. The molecule has 0 amide bonds. The van der Waals surface area contributed by atoms with Crippen molar-refractivity contribution in [2.75, 3.05) is 0 Å². The molecule has 0 aliphatic heterocycles. The minimum Gasteiger partial charge on any atom is -0.430 e. The van der Waals surface area contributed by atoms with Gasteiger partial charge in [-0.3, -0.25) is 0 Å². The van der Waals surface area contributed by atoms with Crippen LogP contribution in [0.5, 0.6) is 0 Å². The average Bonchev–Trinajstić information content (AvgIpc) is 2.86. The topological polar surface area (TPSA) is 43.1 Å². The van der Waals surface area contributed by atoms with Crippen molar-refractivity contribution in [1.29, 1.82) is 0 Å². The normalized spacial score (nSPS) is 12.7. The second kappa shape index (κ2) is 5.87. The highest BCUT2D eigenvalue weighted by Crippen LogP contribution is 2.23. The Hall–Kier alpha value is -1.24. The summed E-state index contributed by atoms with van der Waals surface area (Å²) in [4.78, 5) is 4.16.